The third kappa shape index (κ3) is 5.10. The Kier molecular flexibility index (Phi) is 6.37. The number of hydrogen-bond donors (Lipinski definition) is 1. The van der Waals surface area contributed by atoms with Crippen molar-refractivity contribution in [3.63, 3.8) is 0 Å². The molecule has 0 aliphatic carbocycles. The van der Waals surface area contributed by atoms with Crippen molar-refractivity contribution in [3.8, 4) is 5.75 Å². The number of phenolic OH excluding ortho intramolecular Hbond substituents is 1. The Balaban J connectivity index is 2.07. The van der Waals surface area contributed by atoms with Gasteiger partial charge in [-0.05, 0) is 55.2 Å². The van der Waals surface area contributed by atoms with Crippen molar-refractivity contribution in [1.82, 2.24) is 0 Å². The van der Waals surface area contributed by atoms with Crippen molar-refractivity contribution >= 4 is 27.6 Å². The standard InChI is InChI=1S/C25H30FNO4S/c1-24(2,3)18-8-11-22(28)17(15-18)7-12-23-25(4,5)20-16-19(26)9-10-21(20)27(23)13-6-14-32(29,30)31/h7-12,15-16H,6,13-14H2,1-5H3,(H,29,30,31). The van der Waals surface area contributed by atoms with Crippen molar-refractivity contribution in [2.45, 2.75) is 51.9 Å². The summed E-state index contributed by atoms with van der Waals surface area (Å²) in [6.45, 7) is 10.5. The molecule has 7 heteroatoms. The van der Waals surface area contributed by atoms with E-state index in [0.717, 1.165) is 22.5 Å². The summed E-state index contributed by atoms with van der Waals surface area (Å²) in [6.07, 6.45) is 3.85. The van der Waals surface area contributed by atoms with Crippen LogP contribution in [0.4, 0.5) is 10.1 Å². The topological polar surface area (TPSA) is 80.4 Å². The fourth-order valence-corrected chi connectivity index (χ4v) is 4.59. The molecular formula is C25H30FNO4S. The van der Waals surface area contributed by atoms with E-state index in [0.29, 0.717) is 12.1 Å². The number of fused-ring (bicyclic) bond motifs is 1. The van der Waals surface area contributed by atoms with Gasteiger partial charge in [0, 0.05) is 35.4 Å². The van der Waals surface area contributed by atoms with Crippen molar-refractivity contribution in [2.75, 3.05) is 12.3 Å². The van der Waals surface area contributed by atoms with Crippen molar-refractivity contribution in [1.29, 1.82) is 0 Å². The fraction of sp³-hybridized carbons (Fsp3) is 0.400. The maximum absolute atomic E-state index is 14.0. The third-order valence-electron chi connectivity index (χ3n) is 5.94. The molecule has 0 amide bonds. The highest BCUT2D eigenvalue weighted by molar-refractivity contribution is 7.85. The number of rotatable bonds is 6. The zero-order valence-corrected chi connectivity index (χ0v) is 20.0. The largest absolute Gasteiger partial charge is 0.748 e. The van der Waals surface area contributed by atoms with Gasteiger partial charge in [0.2, 0.25) is 5.69 Å². The van der Waals surface area contributed by atoms with Gasteiger partial charge in [0.1, 0.15) is 18.1 Å². The molecule has 1 aliphatic rings. The molecule has 1 aliphatic heterocycles. The third-order valence-corrected chi connectivity index (χ3v) is 6.73. The van der Waals surface area contributed by atoms with Crippen LogP contribution in [0.1, 0.15) is 57.7 Å². The van der Waals surface area contributed by atoms with E-state index in [1.54, 1.807) is 12.1 Å². The molecule has 32 heavy (non-hydrogen) atoms. The van der Waals surface area contributed by atoms with E-state index in [1.807, 2.05) is 42.7 Å². The van der Waals surface area contributed by atoms with Crippen LogP contribution < -0.4 is 0 Å². The maximum Gasteiger partial charge on any atom is 0.209 e. The van der Waals surface area contributed by atoms with Crippen LogP contribution in [0.15, 0.2) is 42.5 Å². The summed E-state index contributed by atoms with van der Waals surface area (Å²) in [5.41, 5.74) is 3.50. The van der Waals surface area contributed by atoms with Crippen molar-refractivity contribution in [3.05, 3.63) is 65.0 Å². The second kappa shape index (κ2) is 8.45. The molecule has 1 heterocycles. The monoisotopic (exact) mass is 459 g/mol. The molecule has 0 spiro atoms. The lowest BCUT2D eigenvalue weighted by Crippen LogP contribution is -2.28. The van der Waals surface area contributed by atoms with Crippen LogP contribution in [0.2, 0.25) is 0 Å². The predicted octanol–water partition coefficient (Wildman–Crippen LogP) is 4.85. The number of phenols is 1. The summed E-state index contributed by atoms with van der Waals surface area (Å²) in [7, 11) is -4.32. The predicted molar refractivity (Wildman–Crippen MR) is 124 cm³/mol. The zero-order valence-electron chi connectivity index (χ0n) is 19.1. The second-order valence-corrected chi connectivity index (χ2v) is 11.3. The maximum atomic E-state index is 14.0. The Morgan fingerprint density at radius 2 is 1.81 bits per heavy atom. The Hall–Kier alpha value is -2.51. The van der Waals surface area contributed by atoms with Gasteiger partial charge in [-0.3, -0.25) is 0 Å². The molecule has 0 unspecified atom stereocenters. The van der Waals surface area contributed by atoms with Crippen molar-refractivity contribution in [2.24, 2.45) is 0 Å². The molecule has 172 valence electrons. The first kappa shape index (κ1) is 24.1. The molecule has 0 saturated heterocycles. The molecule has 0 radical (unpaired) electrons. The van der Waals surface area contributed by atoms with E-state index >= 15 is 0 Å². The van der Waals surface area contributed by atoms with Gasteiger partial charge in [-0.2, -0.15) is 4.58 Å². The number of allylic oxidation sites excluding steroid dienone is 1. The van der Waals surface area contributed by atoms with Gasteiger partial charge in [-0.1, -0.05) is 26.8 Å². The molecule has 0 aromatic heterocycles. The number of halogens is 1. The molecule has 0 fully saturated rings. The summed E-state index contributed by atoms with van der Waals surface area (Å²) in [5, 5.41) is 10.4. The zero-order chi connectivity index (χ0) is 23.9. The van der Waals surface area contributed by atoms with Gasteiger partial charge in [-0.15, -0.1) is 0 Å². The minimum atomic E-state index is -4.32. The van der Waals surface area contributed by atoms with E-state index < -0.39 is 21.3 Å². The smallest absolute Gasteiger partial charge is 0.209 e. The van der Waals surface area contributed by atoms with Crippen molar-refractivity contribution < 1.29 is 27.0 Å². The van der Waals surface area contributed by atoms with Crippen LogP contribution in [0.25, 0.3) is 6.08 Å². The summed E-state index contributed by atoms with van der Waals surface area (Å²) >= 11 is 0. The van der Waals surface area contributed by atoms with Gasteiger partial charge in [-0.25, -0.2) is 12.8 Å². The summed E-state index contributed by atoms with van der Waals surface area (Å²) < 4.78 is 49.2. The van der Waals surface area contributed by atoms with Gasteiger partial charge in [0.05, 0.1) is 15.5 Å². The van der Waals surface area contributed by atoms with Gasteiger partial charge < -0.3 is 9.66 Å². The van der Waals surface area contributed by atoms with Crippen LogP contribution in [-0.2, 0) is 20.9 Å². The van der Waals surface area contributed by atoms with Crippen LogP contribution in [0, 0.1) is 5.82 Å². The summed E-state index contributed by atoms with van der Waals surface area (Å²) in [5.74, 6) is -0.663. The Morgan fingerprint density at radius 1 is 1.12 bits per heavy atom. The molecule has 1 N–H and O–H groups in total. The normalized spacial score (nSPS) is 16.1. The van der Waals surface area contributed by atoms with E-state index in [1.165, 1.54) is 12.1 Å². The number of nitrogens with zero attached hydrogens (tertiary/aromatic N) is 1. The lowest BCUT2D eigenvalue weighted by molar-refractivity contribution is -0.437. The van der Waals surface area contributed by atoms with Crippen LogP contribution >= 0.6 is 0 Å². The van der Waals surface area contributed by atoms with Gasteiger partial charge >= 0.3 is 0 Å². The summed E-state index contributed by atoms with van der Waals surface area (Å²) in [6, 6.07) is 10.0. The Bertz CT molecular complexity index is 1200. The first-order valence-electron chi connectivity index (χ1n) is 10.6. The van der Waals surface area contributed by atoms with E-state index in [4.69, 9.17) is 0 Å². The SMILES string of the molecule is CC(C)(C)c1ccc(O)c(/C=C/C2=[N+](CCCS(=O)(=O)[O-])c3ccc(F)cc3C2(C)C)c1. The Labute approximate surface area is 189 Å². The first-order valence-corrected chi connectivity index (χ1v) is 12.2. The average molecular weight is 460 g/mol. The van der Waals surface area contributed by atoms with Crippen LogP contribution in [-0.4, -0.2) is 40.7 Å². The molecule has 0 saturated carbocycles. The minimum Gasteiger partial charge on any atom is -0.748 e. The van der Waals surface area contributed by atoms with E-state index in [2.05, 4.69) is 20.8 Å². The molecule has 0 bridgehead atoms. The quantitative estimate of drug-likeness (QED) is 0.494. The highest BCUT2D eigenvalue weighted by Gasteiger charge is 2.44. The van der Waals surface area contributed by atoms with Gasteiger partial charge in [0.25, 0.3) is 0 Å². The lowest BCUT2D eigenvalue weighted by Gasteiger charge is -2.20. The first-order chi connectivity index (χ1) is 14.7. The summed E-state index contributed by atoms with van der Waals surface area (Å²) in [4.78, 5) is 0. The molecular weight excluding hydrogens is 429 g/mol. The number of aromatic hydroxyl groups is 1. The van der Waals surface area contributed by atoms with Crippen LogP contribution in [0.3, 0.4) is 0 Å². The lowest BCUT2D eigenvalue weighted by atomic mass is 9.81. The highest BCUT2D eigenvalue weighted by atomic mass is 32.2. The average Bonchev–Trinajstić information content (AvgIpc) is 2.86. The van der Waals surface area contributed by atoms with E-state index in [9.17, 15) is 22.5 Å². The molecule has 3 rings (SSSR count). The molecule has 2 aromatic rings. The second-order valence-electron chi connectivity index (χ2n) is 9.80. The number of benzene rings is 2. The Morgan fingerprint density at radius 3 is 2.44 bits per heavy atom. The van der Waals surface area contributed by atoms with E-state index in [-0.39, 0.29) is 23.4 Å². The molecule has 2 aromatic carbocycles. The fourth-order valence-electron chi connectivity index (χ4n) is 4.11. The van der Waals surface area contributed by atoms with Crippen LogP contribution in [0.5, 0.6) is 5.75 Å². The molecule has 5 nitrogen and oxygen atoms in total. The number of hydrogen-bond acceptors (Lipinski definition) is 4. The highest BCUT2D eigenvalue weighted by Crippen LogP contribution is 2.41. The van der Waals surface area contributed by atoms with Gasteiger partial charge in [0.15, 0.2) is 5.71 Å². The molecule has 0 atom stereocenters. The minimum absolute atomic E-state index is 0.0836.